The first kappa shape index (κ1) is 14.3. The summed E-state index contributed by atoms with van der Waals surface area (Å²) in [6.07, 6.45) is 2.18. The third kappa shape index (κ3) is 4.97. The summed E-state index contributed by atoms with van der Waals surface area (Å²) in [4.78, 5) is 0. The Balaban J connectivity index is 2.48. The zero-order chi connectivity index (χ0) is 12.7. The molecule has 0 aliphatic rings. The van der Waals surface area contributed by atoms with Gasteiger partial charge in [0.15, 0.2) is 0 Å². The number of ether oxygens (including phenoxy) is 1. The first-order chi connectivity index (χ1) is 8.17. The molecule has 1 unspecified atom stereocenters. The molecule has 96 valence electrons. The summed E-state index contributed by atoms with van der Waals surface area (Å²) in [6.45, 7) is 5.88. The van der Waals surface area contributed by atoms with Crippen LogP contribution in [0.15, 0.2) is 18.2 Å². The highest BCUT2D eigenvalue weighted by Crippen LogP contribution is 2.19. The fraction of sp³-hybridized carbons (Fsp3) is 0.571. The van der Waals surface area contributed by atoms with Crippen LogP contribution in [0.2, 0.25) is 0 Å². The second kappa shape index (κ2) is 7.57. The highest BCUT2D eigenvalue weighted by atomic mass is 35.5. The Morgan fingerprint density at radius 1 is 1.41 bits per heavy atom. The van der Waals surface area contributed by atoms with Gasteiger partial charge < -0.3 is 10.1 Å². The third-order valence-corrected chi connectivity index (χ3v) is 3.09. The summed E-state index contributed by atoms with van der Waals surface area (Å²) in [7, 11) is 1.70. The van der Waals surface area contributed by atoms with Gasteiger partial charge >= 0.3 is 0 Å². The van der Waals surface area contributed by atoms with E-state index in [1.807, 2.05) is 6.07 Å². The SMILES string of the molecule is CCCC(Cl)CNCc1cc(C)ccc1OC. The minimum Gasteiger partial charge on any atom is -0.496 e. The largest absolute Gasteiger partial charge is 0.496 e. The molecule has 17 heavy (non-hydrogen) atoms. The number of alkyl halides is 1. The minimum absolute atomic E-state index is 0.218. The second-order valence-electron chi connectivity index (χ2n) is 4.33. The van der Waals surface area contributed by atoms with Crippen molar-refractivity contribution in [2.45, 2.75) is 38.6 Å². The molecule has 0 fully saturated rings. The Morgan fingerprint density at radius 2 is 2.18 bits per heavy atom. The van der Waals surface area contributed by atoms with E-state index in [-0.39, 0.29) is 5.38 Å². The number of hydrogen-bond donors (Lipinski definition) is 1. The molecular weight excluding hydrogens is 234 g/mol. The third-order valence-electron chi connectivity index (χ3n) is 2.72. The monoisotopic (exact) mass is 255 g/mol. The molecule has 0 aliphatic carbocycles. The van der Waals surface area contributed by atoms with Gasteiger partial charge in [-0.25, -0.2) is 0 Å². The first-order valence-corrected chi connectivity index (χ1v) is 6.59. The van der Waals surface area contributed by atoms with E-state index >= 15 is 0 Å². The van der Waals surface area contributed by atoms with Crippen LogP contribution in [-0.2, 0) is 6.54 Å². The predicted octanol–water partition coefficient (Wildman–Crippen LogP) is 3.50. The molecule has 0 saturated carbocycles. The van der Waals surface area contributed by atoms with E-state index in [0.717, 1.165) is 31.7 Å². The standard InChI is InChI=1S/C14H22ClNO/c1-4-5-13(15)10-16-9-12-8-11(2)6-7-14(12)17-3/h6-8,13,16H,4-5,9-10H2,1-3H3. The Bertz CT molecular complexity index is 341. The van der Waals surface area contributed by atoms with Crippen LogP contribution in [0, 0.1) is 6.92 Å². The van der Waals surface area contributed by atoms with Crippen molar-refractivity contribution in [3.05, 3.63) is 29.3 Å². The van der Waals surface area contributed by atoms with E-state index in [4.69, 9.17) is 16.3 Å². The molecule has 0 bridgehead atoms. The average molecular weight is 256 g/mol. The molecule has 2 nitrogen and oxygen atoms in total. The number of benzene rings is 1. The minimum atomic E-state index is 0.218. The molecule has 1 aromatic carbocycles. The Hall–Kier alpha value is -0.730. The van der Waals surface area contributed by atoms with Gasteiger partial charge in [0.25, 0.3) is 0 Å². The number of rotatable bonds is 7. The van der Waals surface area contributed by atoms with Crippen molar-refractivity contribution >= 4 is 11.6 Å². The highest BCUT2D eigenvalue weighted by Gasteiger charge is 2.05. The zero-order valence-electron chi connectivity index (χ0n) is 10.9. The molecular formula is C14H22ClNO. The van der Waals surface area contributed by atoms with Gasteiger partial charge in [-0.3, -0.25) is 0 Å². The molecule has 0 aliphatic heterocycles. The van der Waals surface area contributed by atoms with Gasteiger partial charge in [0.05, 0.1) is 7.11 Å². The van der Waals surface area contributed by atoms with Crippen molar-refractivity contribution in [3.63, 3.8) is 0 Å². The van der Waals surface area contributed by atoms with Gasteiger partial charge in [0, 0.05) is 24.0 Å². The summed E-state index contributed by atoms with van der Waals surface area (Å²) in [5.41, 5.74) is 2.44. The lowest BCUT2D eigenvalue weighted by atomic mass is 10.1. The molecule has 1 atom stereocenters. The zero-order valence-corrected chi connectivity index (χ0v) is 11.7. The quantitative estimate of drug-likeness (QED) is 0.753. The fourth-order valence-corrected chi connectivity index (χ4v) is 2.15. The van der Waals surface area contributed by atoms with Gasteiger partial charge in [0.2, 0.25) is 0 Å². The topological polar surface area (TPSA) is 21.3 Å². The maximum absolute atomic E-state index is 6.16. The van der Waals surface area contributed by atoms with Gasteiger partial charge in [0.1, 0.15) is 5.75 Å². The van der Waals surface area contributed by atoms with Crippen molar-refractivity contribution in [2.75, 3.05) is 13.7 Å². The van der Waals surface area contributed by atoms with Crippen LogP contribution in [0.3, 0.4) is 0 Å². The number of hydrogen-bond acceptors (Lipinski definition) is 2. The van der Waals surface area contributed by atoms with Crippen LogP contribution >= 0.6 is 11.6 Å². The average Bonchev–Trinajstić information content (AvgIpc) is 2.30. The molecule has 0 radical (unpaired) electrons. The maximum Gasteiger partial charge on any atom is 0.123 e. The predicted molar refractivity (Wildman–Crippen MR) is 74.0 cm³/mol. The van der Waals surface area contributed by atoms with Crippen LogP contribution in [0.1, 0.15) is 30.9 Å². The van der Waals surface area contributed by atoms with Gasteiger partial charge in [-0.1, -0.05) is 31.0 Å². The van der Waals surface area contributed by atoms with E-state index in [1.165, 1.54) is 11.1 Å². The molecule has 1 rings (SSSR count). The van der Waals surface area contributed by atoms with Crippen LogP contribution in [0.4, 0.5) is 0 Å². The van der Waals surface area contributed by atoms with Crippen molar-refractivity contribution < 1.29 is 4.74 Å². The summed E-state index contributed by atoms with van der Waals surface area (Å²) >= 11 is 6.16. The molecule has 0 heterocycles. The van der Waals surface area contributed by atoms with E-state index in [1.54, 1.807) is 7.11 Å². The lowest BCUT2D eigenvalue weighted by molar-refractivity contribution is 0.407. The molecule has 0 saturated heterocycles. The van der Waals surface area contributed by atoms with Crippen LogP contribution < -0.4 is 10.1 Å². The van der Waals surface area contributed by atoms with Crippen molar-refractivity contribution in [1.29, 1.82) is 0 Å². The summed E-state index contributed by atoms with van der Waals surface area (Å²) in [5.74, 6) is 0.935. The summed E-state index contributed by atoms with van der Waals surface area (Å²) in [6, 6.07) is 6.22. The van der Waals surface area contributed by atoms with Crippen molar-refractivity contribution in [3.8, 4) is 5.75 Å². The number of aryl methyl sites for hydroxylation is 1. The van der Waals surface area contributed by atoms with E-state index < -0.39 is 0 Å². The molecule has 1 aromatic rings. The normalized spacial score (nSPS) is 12.5. The van der Waals surface area contributed by atoms with Gasteiger partial charge in [-0.05, 0) is 19.4 Å². The number of halogens is 1. The molecule has 0 amide bonds. The molecule has 1 N–H and O–H groups in total. The summed E-state index contributed by atoms with van der Waals surface area (Å²) < 4.78 is 5.33. The Kier molecular flexibility index (Phi) is 6.38. The highest BCUT2D eigenvalue weighted by molar-refractivity contribution is 6.20. The van der Waals surface area contributed by atoms with E-state index in [2.05, 4.69) is 31.3 Å². The van der Waals surface area contributed by atoms with Gasteiger partial charge in [-0.2, -0.15) is 0 Å². The first-order valence-electron chi connectivity index (χ1n) is 6.15. The fourth-order valence-electron chi connectivity index (χ4n) is 1.82. The Morgan fingerprint density at radius 3 is 2.82 bits per heavy atom. The van der Waals surface area contributed by atoms with E-state index in [9.17, 15) is 0 Å². The second-order valence-corrected chi connectivity index (χ2v) is 4.95. The Labute approximate surface area is 109 Å². The smallest absolute Gasteiger partial charge is 0.123 e. The van der Waals surface area contributed by atoms with Crippen LogP contribution in [0.5, 0.6) is 5.75 Å². The van der Waals surface area contributed by atoms with Crippen molar-refractivity contribution in [2.24, 2.45) is 0 Å². The summed E-state index contributed by atoms with van der Waals surface area (Å²) in [5, 5.41) is 3.59. The van der Waals surface area contributed by atoms with Crippen LogP contribution in [-0.4, -0.2) is 19.0 Å². The van der Waals surface area contributed by atoms with Crippen LogP contribution in [0.25, 0.3) is 0 Å². The van der Waals surface area contributed by atoms with E-state index in [0.29, 0.717) is 0 Å². The lowest BCUT2D eigenvalue weighted by Gasteiger charge is -2.12. The molecule has 3 heteroatoms. The maximum atomic E-state index is 6.16. The lowest BCUT2D eigenvalue weighted by Crippen LogP contribution is -2.23. The number of methoxy groups -OCH3 is 1. The van der Waals surface area contributed by atoms with Crippen molar-refractivity contribution in [1.82, 2.24) is 5.32 Å². The molecule has 0 spiro atoms. The number of nitrogens with one attached hydrogen (secondary N) is 1. The van der Waals surface area contributed by atoms with Gasteiger partial charge in [-0.15, -0.1) is 11.6 Å². The molecule has 0 aromatic heterocycles.